The maximum absolute atomic E-state index is 12.3. The lowest BCUT2D eigenvalue weighted by molar-refractivity contribution is -0.119. The first-order valence-corrected chi connectivity index (χ1v) is 10.2. The minimum absolute atomic E-state index is 0.0345. The van der Waals surface area contributed by atoms with Crippen molar-refractivity contribution in [2.24, 2.45) is 4.99 Å². The van der Waals surface area contributed by atoms with Crippen molar-refractivity contribution < 1.29 is 4.79 Å². The van der Waals surface area contributed by atoms with E-state index in [2.05, 4.69) is 57.9 Å². The van der Waals surface area contributed by atoms with Crippen LogP contribution in [-0.2, 0) is 11.2 Å². The van der Waals surface area contributed by atoms with E-state index >= 15 is 0 Å². The Morgan fingerprint density at radius 3 is 3.04 bits per heavy atom. The molecule has 0 atom stereocenters. The molecule has 0 aliphatic carbocycles. The number of rotatable bonds is 4. The van der Waals surface area contributed by atoms with E-state index in [1.54, 1.807) is 23.1 Å². The highest BCUT2D eigenvalue weighted by Gasteiger charge is 2.16. The molecule has 0 bridgehead atoms. The van der Waals surface area contributed by atoms with Gasteiger partial charge in [0.05, 0.1) is 17.1 Å². The molecule has 0 fully saturated rings. The molecule has 1 aliphatic rings. The Balaban J connectivity index is 1.61. The van der Waals surface area contributed by atoms with Gasteiger partial charge in [0.1, 0.15) is 0 Å². The van der Waals surface area contributed by atoms with E-state index in [4.69, 9.17) is 0 Å². The van der Waals surface area contributed by atoms with Crippen LogP contribution in [0.25, 0.3) is 21.5 Å². The van der Waals surface area contributed by atoms with E-state index in [0.29, 0.717) is 12.8 Å². The summed E-state index contributed by atoms with van der Waals surface area (Å²) in [7, 11) is 0. The van der Waals surface area contributed by atoms with Crippen LogP contribution in [0, 0.1) is 6.92 Å². The van der Waals surface area contributed by atoms with Gasteiger partial charge in [0.2, 0.25) is 5.91 Å². The maximum atomic E-state index is 12.3. The number of aromatic nitrogens is 1. The Bertz CT molecular complexity index is 941. The van der Waals surface area contributed by atoms with Crippen LogP contribution < -0.4 is 5.32 Å². The van der Waals surface area contributed by atoms with Crippen molar-refractivity contribution in [2.75, 3.05) is 12.3 Å². The van der Waals surface area contributed by atoms with Crippen LogP contribution in [-0.4, -0.2) is 28.4 Å². The number of fused-ring (bicyclic) bond motifs is 1. The highest BCUT2D eigenvalue weighted by molar-refractivity contribution is 8.14. The number of carbonyl (C=O) groups is 1. The molecule has 0 saturated carbocycles. The van der Waals surface area contributed by atoms with Gasteiger partial charge in [0.25, 0.3) is 0 Å². The van der Waals surface area contributed by atoms with Gasteiger partial charge >= 0.3 is 0 Å². The molecule has 2 aromatic heterocycles. The molecule has 0 spiro atoms. The minimum Gasteiger partial charge on any atom is -0.354 e. The van der Waals surface area contributed by atoms with E-state index in [9.17, 15) is 4.79 Å². The van der Waals surface area contributed by atoms with Gasteiger partial charge in [-0.25, -0.2) is 0 Å². The van der Waals surface area contributed by atoms with Gasteiger partial charge in [-0.05, 0) is 42.5 Å². The zero-order valence-electron chi connectivity index (χ0n) is 14.0. The van der Waals surface area contributed by atoms with E-state index < -0.39 is 0 Å². The first kappa shape index (κ1) is 16.4. The number of amidine groups is 1. The van der Waals surface area contributed by atoms with E-state index in [-0.39, 0.29) is 5.91 Å². The number of thiophene rings is 1. The number of hydrogen-bond acceptors (Lipinski definition) is 4. The van der Waals surface area contributed by atoms with Gasteiger partial charge in [-0.2, -0.15) is 0 Å². The number of hydrogen-bond donors (Lipinski definition) is 2. The second kappa shape index (κ2) is 7.06. The van der Waals surface area contributed by atoms with Gasteiger partial charge < -0.3 is 10.3 Å². The van der Waals surface area contributed by atoms with Crippen LogP contribution in [0.5, 0.6) is 0 Å². The number of aliphatic imine (C=N–C) groups is 1. The summed E-state index contributed by atoms with van der Waals surface area (Å²) in [5.41, 5.74) is 4.71. The van der Waals surface area contributed by atoms with Gasteiger partial charge in [-0.1, -0.05) is 29.5 Å². The fourth-order valence-corrected chi connectivity index (χ4v) is 4.58. The summed E-state index contributed by atoms with van der Waals surface area (Å²) in [6, 6.07) is 10.6. The average molecular weight is 370 g/mol. The number of benzene rings is 1. The average Bonchev–Trinajstić information content (AvgIpc) is 3.33. The zero-order chi connectivity index (χ0) is 17.2. The van der Waals surface area contributed by atoms with Crippen molar-refractivity contribution in [3.63, 3.8) is 0 Å². The highest BCUT2D eigenvalue weighted by atomic mass is 32.2. The van der Waals surface area contributed by atoms with Crippen LogP contribution in [0.2, 0.25) is 0 Å². The predicted molar refractivity (Wildman–Crippen MR) is 108 cm³/mol. The fraction of sp³-hybridized carbons (Fsp3) is 0.263. The molecule has 3 heterocycles. The lowest BCUT2D eigenvalue weighted by atomic mass is 10.0. The van der Waals surface area contributed by atoms with Crippen molar-refractivity contribution in [3.05, 3.63) is 46.8 Å². The number of carbonyl (C=O) groups excluding carboxylic acids is 1. The number of H-pyrrole nitrogens is 1. The third kappa shape index (κ3) is 3.50. The summed E-state index contributed by atoms with van der Waals surface area (Å²) in [4.78, 5) is 21.3. The van der Waals surface area contributed by atoms with E-state index in [0.717, 1.165) is 28.7 Å². The van der Waals surface area contributed by atoms with Crippen LogP contribution in [0.1, 0.15) is 17.5 Å². The number of aromatic amines is 1. The maximum Gasteiger partial charge on any atom is 0.226 e. The standard InChI is InChI=1S/C19H19N3OS2/c1-12-4-6-15-14(11-12)13(18(21-15)16-3-2-9-24-16)5-7-17(23)22-19-20-8-10-25-19/h2-4,6,9,11,21H,5,7-8,10H2,1H3,(H,20,22,23). The second-order valence-corrected chi connectivity index (χ2v) is 8.12. The molecule has 3 aromatic rings. The highest BCUT2D eigenvalue weighted by Crippen LogP contribution is 2.34. The zero-order valence-corrected chi connectivity index (χ0v) is 15.6. The van der Waals surface area contributed by atoms with Crippen molar-refractivity contribution >= 4 is 45.1 Å². The second-order valence-electron chi connectivity index (χ2n) is 6.09. The van der Waals surface area contributed by atoms with E-state index in [1.807, 2.05) is 0 Å². The molecule has 25 heavy (non-hydrogen) atoms. The molecule has 0 unspecified atom stereocenters. The van der Waals surface area contributed by atoms with Crippen molar-refractivity contribution in [2.45, 2.75) is 19.8 Å². The number of thioether (sulfide) groups is 1. The summed E-state index contributed by atoms with van der Waals surface area (Å²) >= 11 is 3.33. The Kier molecular flexibility index (Phi) is 4.63. The molecule has 1 aromatic carbocycles. The molecule has 0 radical (unpaired) electrons. The Hall–Kier alpha value is -2.05. The first-order valence-electron chi connectivity index (χ1n) is 8.33. The third-order valence-corrected chi connectivity index (χ3v) is 6.04. The molecule has 4 nitrogen and oxygen atoms in total. The van der Waals surface area contributed by atoms with Crippen molar-refractivity contribution in [1.82, 2.24) is 10.3 Å². The summed E-state index contributed by atoms with van der Waals surface area (Å²) in [6.07, 6.45) is 1.17. The van der Waals surface area contributed by atoms with Crippen LogP contribution in [0.4, 0.5) is 0 Å². The van der Waals surface area contributed by atoms with Crippen LogP contribution in [0.3, 0.4) is 0 Å². The lowest BCUT2D eigenvalue weighted by Crippen LogP contribution is -2.27. The molecule has 128 valence electrons. The SMILES string of the molecule is Cc1ccc2[nH]c(-c3cccs3)c(CCC(=O)NC3=NCCS3)c2c1. The number of amides is 1. The molecule has 2 N–H and O–H groups in total. The molecule has 0 saturated heterocycles. The summed E-state index contributed by atoms with van der Waals surface area (Å²) in [5.74, 6) is 0.993. The first-order chi connectivity index (χ1) is 12.2. The van der Waals surface area contributed by atoms with Crippen LogP contribution >= 0.6 is 23.1 Å². The smallest absolute Gasteiger partial charge is 0.226 e. The number of aryl methyl sites for hydroxylation is 2. The Morgan fingerprint density at radius 2 is 2.28 bits per heavy atom. The van der Waals surface area contributed by atoms with Gasteiger partial charge in [-0.3, -0.25) is 9.79 Å². The molecule has 1 amide bonds. The molecule has 6 heteroatoms. The largest absolute Gasteiger partial charge is 0.354 e. The van der Waals surface area contributed by atoms with Crippen LogP contribution in [0.15, 0.2) is 40.7 Å². The minimum atomic E-state index is 0.0345. The fourth-order valence-electron chi connectivity index (χ4n) is 3.08. The van der Waals surface area contributed by atoms with Gasteiger partial charge in [0, 0.05) is 23.1 Å². The van der Waals surface area contributed by atoms with Crippen molar-refractivity contribution in [3.8, 4) is 10.6 Å². The number of nitrogens with zero attached hydrogens (tertiary/aromatic N) is 1. The number of nitrogens with one attached hydrogen (secondary N) is 2. The lowest BCUT2D eigenvalue weighted by Gasteiger charge is -2.06. The summed E-state index contributed by atoms with van der Waals surface area (Å²) in [6.45, 7) is 2.90. The molecular formula is C19H19N3OS2. The Labute approximate surface area is 154 Å². The van der Waals surface area contributed by atoms with Gasteiger partial charge in [0.15, 0.2) is 5.17 Å². The summed E-state index contributed by atoms with van der Waals surface area (Å²) in [5, 5.41) is 6.98. The van der Waals surface area contributed by atoms with E-state index in [1.165, 1.54) is 21.4 Å². The predicted octanol–water partition coefficient (Wildman–Crippen LogP) is 4.36. The topological polar surface area (TPSA) is 57.2 Å². The normalized spacial score (nSPS) is 14.0. The van der Waals surface area contributed by atoms with Crippen molar-refractivity contribution in [1.29, 1.82) is 0 Å². The Morgan fingerprint density at radius 1 is 1.36 bits per heavy atom. The molecule has 4 rings (SSSR count). The molecule has 1 aliphatic heterocycles. The quantitative estimate of drug-likeness (QED) is 0.718. The summed E-state index contributed by atoms with van der Waals surface area (Å²) < 4.78 is 0. The molecular weight excluding hydrogens is 350 g/mol. The monoisotopic (exact) mass is 369 g/mol. The van der Waals surface area contributed by atoms with Gasteiger partial charge in [-0.15, -0.1) is 11.3 Å². The third-order valence-electron chi connectivity index (χ3n) is 4.26.